The van der Waals surface area contributed by atoms with E-state index in [2.05, 4.69) is 13.8 Å². The molecule has 0 saturated carbocycles. The first kappa shape index (κ1) is 13.8. The minimum Gasteiger partial charge on any atom is -0.490 e. The van der Waals surface area contributed by atoms with Crippen LogP contribution < -0.4 is 9.47 Å². The molecule has 1 rings (SSSR count). The average Bonchev–Trinajstić information content (AvgIpc) is 2.30. The summed E-state index contributed by atoms with van der Waals surface area (Å²) in [6, 6.07) is 5.59. The zero-order valence-corrected chi connectivity index (χ0v) is 10.9. The van der Waals surface area contributed by atoms with Gasteiger partial charge in [-0.2, -0.15) is 0 Å². The summed E-state index contributed by atoms with van der Waals surface area (Å²) in [5.41, 5.74) is 0.778. The smallest absolute Gasteiger partial charge is 0.166 e. The van der Waals surface area contributed by atoms with Gasteiger partial charge in [0.1, 0.15) is 0 Å². The summed E-state index contributed by atoms with van der Waals surface area (Å²) in [7, 11) is 0. The Morgan fingerprint density at radius 2 is 2.00 bits per heavy atom. The lowest BCUT2D eigenvalue weighted by atomic mass is 10.1. The largest absolute Gasteiger partial charge is 0.490 e. The molecule has 0 saturated heterocycles. The Morgan fingerprint density at radius 3 is 2.59 bits per heavy atom. The van der Waals surface area contributed by atoms with Gasteiger partial charge < -0.3 is 14.6 Å². The van der Waals surface area contributed by atoms with Gasteiger partial charge in [0.05, 0.1) is 19.8 Å². The first-order valence-corrected chi connectivity index (χ1v) is 6.17. The Morgan fingerprint density at radius 1 is 1.24 bits per heavy atom. The van der Waals surface area contributed by atoms with Crippen LogP contribution in [0.5, 0.6) is 11.5 Å². The lowest BCUT2D eigenvalue weighted by molar-refractivity contribution is 0.239. The Kier molecular flexibility index (Phi) is 5.84. The molecule has 96 valence electrons. The number of aliphatic hydroxyl groups excluding tert-OH is 1. The van der Waals surface area contributed by atoms with E-state index in [-0.39, 0.29) is 6.61 Å². The Hall–Kier alpha value is -1.22. The summed E-state index contributed by atoms with van der Waals surface area (Å²) < 4.78 is 11.2. The first-order chi connectivity index (χ1) is 8.19. The molecule has 0 aliphatic heterocycles. The molecule has 0 spiro atoms. The van der Waals surface area contributed by atoms with Gasteiger partial charge in [0.25, 0.3) is 0 Å². The van der Waals surface area contributed by atoms with Gasteiger partial charge >= 0.3 is 0 Å². The summed E-state index contributed by atoms with van der Waals surface area (Å²) in [6.45, 7) is 7.46. The van der Waals surface area contributed by atoms with Gasteiger partial charge in [0.2, 0.25) is 0 Å². The zero-order chi connectivity index (χ0) is 12.7. The maximum Gasteiger partial charge on any atom is 0.166 e. The van der Waals surface area contributed by atoms with E-state index in [1.807, 2.05) is 25.1 Å². The summed E-state index contributed by atoms with van der Waals surface area (Å²) in [5, 5.41) is 9.28. The number of benzene rings is 1. The number of aliphatic hydroxyl groups is 1. The predicted molar refractivity (Wildman–Crippen MR) is 68.5 cm³/mol. The van der Waals surface area contributed by atoms with Crippen molar-refractivity contribution in [3.63, 3.8) is 0 Å². The van der Waals surface area contributed by atoms with Gasteiger partial charge in [0.15, 0.2) is 11.5 Å². The van der Waals surface area contributed by atoms with E-state index in [0.717, 1.165) is 12.0 Å². The number of ether oxygens (including phenoxy) is 2. The second-order valence-electron chi connectivity index (χ2n) is 4.37. The van der Waals surface area contributed by atoms with Crippen LogP contribution >= 0.6 is 0 Å². The van der Waals surface area contributed by atoms with Gasteiger partial charge in [0, 0.05) is 5.56 Å². The number of hydrogen-bond donors (Lipinski definition) is 1. The summed E-state index contributed by atoms with van der Waals surface area (Å²) >= 11 is 0. The van der Waals surface area contributed by atoms with E-state index in [9.17, 15) is 5.11 Å². The molecule has 0 radical (unpaired) electrons. The van der Waals surface area contributed by atoms with E-state index < -0.39 is 0 Å². The van der Waals surface area contributed by atoms with Crippen LogP contribution in [0, 0.1) is 5.92 Å². The molecular formula is C14H22O3. The van der Waals surface area contributed by atoms with E-state index in [1.54, 1.807) is 0 Å². The van der Waals surface area contributed by atoms with Gasteiger partial charge in [-0.05, 0) is 25.3 Å². The van der Waals surface area contributed by atoms with Gasteiger partial charge in [-0.15, -0.1) is 0 Å². The minimum absolute atomic E-state index is 0.0298. The van der Waals surface area contributed by atoms with Gasteiger partial charge in [-0.3, -0.25) is 0 Å². The first-order valence-electron chi connectivity index (χ1n) is 6.17. The molecule has 0 aromatic heterocycles. The summed E-state index contributed by atoms with van der Waals surface area (Å²) in [5.74, 6) is 1.99. The van der Waals surface area contributed by atoms with E-state index in [4.69, 9.17) is 9.47 Å². The van der Waals surface area contributed by atoms with Crippen molar-refractivity contribution in [1.29, 1.82) is 0 Å². The molecule has 0 amide bonds. The molecule has 1 aromatic rings. The van der Waals surface area contributed by atoms with Crippen LogP contribution in [0.4, 0.5) is 0 Å². The highest BCUT2D eigenvalue weighted by Crippen LogP contribution is 2.31. The molecule has 0 aliphatic rings. The van der Waals surface area contributed by atoms with Crippen molar-refractivity contribution in [2.24, 2.45) is 5.92 Å². The zero-order valence-electron chi connectivity index (χ0n) is 10.9. The van der Waals surface area contributed by atoms with Crippen LogP contribution in [0.25, 0.3) is 0 Å². The summed E-state index contributed by atoms with van der Waals surface area (Å²) in [6.07, 6.45) is 0.991. The van der Waals surface area contributed by atoms with Gasteiger partial charge in [-0.1, -0.05) is 26.0 Å². The SMILES string of the molecule is CCOc1cccc(CO)c1OCCC(C)C. The number of hydrogen-bond acceptors (Lipinski definition) is 3. The standard InChI is InChI=1S/C14H22O3/c1-4-16-13-7-5-6-12(10-15)14(13)17-9-8-11(2)3/h5-7,11,15H,4,8-10H2,1-3H3. The van der Waals surface area contributed by atoms with Crippen LogP contribution in [0.1, 0.15) is 32.8 Å². The van der Waals surface area contributed by atoms with Crippen molar-refractivity contribution in [3.8, 4) is 11.5 Å². The van der Waals surface area contributed by atoms with E-state index in [0.29, 0.717) is 30.6 Å². The lowest BCUT2D eigenvalue weighted by Crippen LogP contribution is -2.05. The quantitative estimate of drug-likeness (QED) is 0.793. The van der Waals surface area contributed by atoms with Crippen molar-refractivity contribution in [3.05, 3.63) is 23.8 Å². The molecule has 1 aromatic carbocycles. The van der Waals surface area contributed by atoms with Crippen molar-refractivity contribution in [1.82, 2.24) is 0 Å². The molecule has 0 fully saturated rings. The highest BCUT2D eigenvalue weighted by Gasteiger charge is 2.10. The highest BCUT2D eigenvalue weighted by molar-refractivity contribution is 5.46. The molecule has 3 heteroatoms. The molecule has 0 unspecified atom stereocenters. The third-order valence-electron chi connectivity index (χ3n) is 2.47. The fraction of sp³-hybridized carbons (Fsp3) is 0.571. The fourth-order valence-corrected chi connectivity index (χ4v) is 1.52. The van der Waals surface area contributed by atoms with Crippen LogP contribution in [-0.2, 0) is 6.61 Å². The van der Waals surface area contributed by atoms with Crippen molar-refractivity contribution < 1.29 is 14.6 Å². The average molecular weight is 238 g/mol. The lowest BCUT2D eigenvalue weighted by Gasteiger charge is -2.15. The van der Waals surface area contributed by atoms with Crippen molar-refractivity contribution in [2.45, 2.75) is 33.8 Å². The number of para-hydroxylation sites is 1. The second kappa shape index (κ2) is 7.17. The van der Waals surface area contributed by atoms with Crippen LogP contribution in [0.2, 0.25) is 0 Å². The van der Waals surface area contributed by atoms with Crippen LogP contribution in [-0.4, -0.2) is 18.3 Å². The summed E-state index contributed by atoms with van der Waals surface area (Å²) in [4.78, 5) is 0. The predicted octanol–water partition coefficient (Wildman–Crippen LogP) is 3.00. The topological polar surface area (TPSA) is 38.7 Å². The van der Waals surface area contributed by atoms with E-state index >= 15 is 0 Å². The Balaban J connectivity index is 2.77. The Labute approximate surface area is 103 Å². The molecule has 0 heterocycles. The van der Waals surface area contributed by atoms with Crippen LogP contribution in [0.15, 0.2) is 18.2 Å². The molecule has 0 bridgehead atoms. The maximum absolute atomic E-state index is 9.28. The minimum atomic E-state index is -0.0298. The molecule has 17 heavy (non-hydrogen) atoms. The van der Waals surface area contributed by atoms with E-state index in [1.165, 1.54) is 0 Å². The van der Waals surface area contributed by atoms with Crippen molar-refractivity contribution >= 4 is 0 Å². The second-order valence-corrected chi connectivity index (χ2v) is 4.37. The van der Waals surface area contributed by atoms with Crippen LogP contribution in [0.3, 0.4) is 0 Å². The molecule has 0 atom stereocenters. The molecular weight excluding hydrogens is 216 g/mol. The fourth-order valence-electron chi connectivity index (χ4n) is 1.52. The highest BCUT2D eigenvalue weighted by atomic mass is 16.5. The molecule has 0 aliphatic carbocycles. The Bertz CT molecular complexity index is 334. The third kappa shape index (κ3) is 4.27. The normalized spacial score (nSPS) is 10.6. The van der Waals surface area contributed by atoms with Crippen molar-refractivity contribution in [2.75, 3.05) is 13.2 Å². The molecule has 1 N–H and O–H groups in total. The monoisotopic (exact) mass is 238 g/mol. The van der Waals surface area contributed by atoms with Gasteiger partial charge in [-0.25, -0.2) is 0 Å². The number of rotatable bonds is 7. The third-order valence-corrected chi connectivity index (χ3v) is 2.47. The molecule has 3 nitrogen and oxygen atoms in total. The maximum atomic E-state index is 9.28.